The molecule has 9 nitrogen and oxygen atoms in total. The molecule has 0 saturated carbocycles. The number of thioether (sulfide) groups is 1. The Morgan fingerprint density at radius 3 is 2.44 bits per heavy atom. The van der Waals surface area contributed by atoms with E-state index >= 15 is 0 Å². The van der Waals surface area contributed by atoms with Crippen LogP contribution in [0.3, 0.4) is 0 Å². The van der Waals surface area contributed by atoms with Crippen molar-refractivity contribution in [1.29, 1.82) is 0 Å². The summed E-state index contributed by atoms with van der Waals surface area (Å²) in [6.07, 6.45) is 0.0298. The van der Waals surface area contributed by atoms with E-state index in [4.69, 9.17) is 19.3 Å². The van der Waals surface area contributed by atoms with Crippen LogP contribution in [0.5, 0.6) is 11.5 Å². The number of hydrazone groups is 1. The van der Waals surface area contributed by atoms with Gasteiger partial charge in [-0.3, -0.25) is 10.1 Å². The number of rotatable bonds is 10. The number of amides is 2. The predicted octanol–water partition coefficient (Wildman–Crippen LogP) is 5.05. The molecule has 0 aliphatic carbocycles. The first-order valence-corrected chi connectivity index (χ1v) is 12.6. The summed E-state index contributed by atoms with van der Waals surface area (Å²) in [6, 6.07) is 12.9. The van der Waals surface area contributed by atoms with Crippen molar-refractivity contribution >= 4 is 34.5 Å². The predicted molar refractivity (Wildman–Crippen MR) is 143 cm³/mol. The Morgan fingerprint density at radius 1 is 1.14 bits per heavy atom. The zero-order chi connectivity index (χ0) is 26.2. The highest BCUT2D eigenvalue weighted by molar-refractivity contribution is 8.14. The van der Waals surface area contributed by atoms with Crippen LogP contribution >= 0.6 is 11.8 Å². The maximum atomic E-state index is 12.8. The summed E-state index contributed by atoms with van der Waals surface area (Å²) in [7, 11) is 7.03. The first kappa shape index (κ1) is 27.3. The molecule has 2 aromatic rings. The van der Waals surface area contributed by atoms with Crippen LogP contribution in [0, 0.1) is 0 Å². The van der Waals surface area contributed by atoms with Crippen LogP contribution in [0.2, 0.25) is 0 Å². The molecule has 2 unspecified atom stereocenters. The lowest BCUT2D eigenvalue weighted by molar-refractivity contribution is 0.103. The molecule has 0 aromatic heterocycles. The normalized spacial score (nSPS) is 16.4. The van der Waals surface area contributed by atoms with Crippen LogP contribution in [0.25, 0.3) is 0 Å². The lowest BCUT2D eigenvalue weighted by Gasteiger charge is -2.28. The molecule has 0 bridgehead atoms. The fraction of sp³-hybridized carbons (Fsp3) is 0.423. The fourth-order valence-corrected chi connectivity index (χ4v) is 4.77. The van der Waals surface area contributed by atoms with Gasteiger partial charge in [0.1, 0.15) is 6.10 Å². The third-order valence-electron chi connectivity index (χ3n) is 5.50. The minimum Gasteiger partial charge on any atom is -0.493 e. The molecule has 1 N–H and O–H groups in total. The molecule has 1 aliphatic rings. The number of benzene rings is 2. The summed E-state index contributed by atoms with van der Waals surface area (Å²) in [5.41, 5.74) is 3.19. The minimum atomic E-state index is -0.505. The van der Waals surface area contributed by atoms with E-state index in [1.807, 2.05) is 63.2 Å². The van der Waals surface area contributed by atoms with Crippen molar-refractivity contribution in [3.63, 3.8) is 0 Å². The van der Waals surface area contributed by atoms with Crippen LogP contribution < -0.4 is 14.8 Å². The average molecular weight is 515 g/mol. The lowest BCUT2D eigenvalue weighted by Crippen LogP contribution is -2.34. The molecule has 0 spiro atoms. The van der Waals surface area contributed by atoms with E-state index in [0.717, 1.165) is 23.3 Å². The van der Waals surface area contributed by atoms with Gasteiger partial charge < -0.3 is 19.1 Å². The van der Waals surface area contributed by atoms with Gasteiger partial charge in [-0.2, -0.15) is 5.10 Å². The highest BCUT2D eigenvalue weighted by Crippen LogP contribution is 2.33. The van der Waals surface area contributed by atoms with E-state index in [1.54, 1.807) is 26.4 Å². The Morgan fingerprint density at radius 2 is 1.83 bits per heavy atom. The van der Waals surface area contributed by atoms with Crippen molar-refractivity contribution in [1.82, 2.24) is 9.91 Å². The van der Waals surface area contributed by atoms with Gasteiger partial charge in [-0.25, -0.2) is 9.80 Å². The van der Waals surface area contributed by atoms with Gasteiger partial charge in [-0.05, 0) is 63.3 Å². The standard InChI is InChI=1S/C26H34N4O5S/c1-7-23-24(19-10-13-21(33-5)22(14-19)34-6)28-30(26(32)36-23)16-18-8-11-20(12-9-18)27-25(31)35-17(2)15-29(3)4/h8-14,17,23H,7,15-16H2,1-6H3,(H,27,31). The van der Waals surface area contributed by atoms with E-state index in [-0.39, 0.29) is 16.6 Å². The fourth-order valence-electron chi connectivity index (χ4n) is 3.84. The van der Waals surface area contributed by atoms with Gasteiger partial charge in [0.2, 0.25) is 0 Å². The summed E-state index contributed by atoms with van der Waals surface area (Å²) >= 11 is 1.27. The van der Waals surface area contributed by atoms with E-state index in [2.05, 4.69) is 5.32 Å². The summed E-state index contributed by atoms with van der Waals surface area (Å²) in [5.74, 6) is 1.25. The second-order valence-electron chi connectivity index (χ2n) is 8.69. The number of hydrogen-bond acceptors (Lipinski definition) is 8. The van der Waals surface area contributed by atoms with Crippen molar-refractivity contribution in [2.75, 3.05) is 40.2 Å². The van der Waals surface area contributed by atoms with E-state index < -0.39 is 6.09 Å². The molecule has 0 saturated heterocycles. The van der Waals surface area contributed by atoms with Gasteiger partial charge in [0, 0.05) is 17.8 Å². The average Bonchev–Trinajstić information content (AvgIpc) is 2.85. The maximum absolute atomic E-state index is 12.8. The van der Waals surface area contributed by atoms with Crippen LogP contribution in [0.1, 0.15) is 31.4 Å². The Kier molecular flexibility index (Phi) is 9.60. The van der Waals surface area contributed by atoms with Crippen molar-refractivity contribution < 1.29 is 23.8 Å². The number of likely N-dealkylation sites (N-methyl/N-ethyl adjacent to an activating group) is 1. The molecule has 36 heavy (non-hydrogen) atoms. The molecular formula is C26H34N4O5S. The van der Waals surface area contributed by atoms with Crippen molar-refractivity contribution in [2.45, 2.75) is 38.2 Å². The van der Waals surface area contributed by atoms with Crippen molar-refractivity contribution in [3.8, 4) is 11.5 Å². The number of anilines is 1. The summed E-state index contributed by atoms with van der Waals surface area (Å²) < 4.78 is 16.1. The van der Waals surface area contributed by atoms with E-state index in [9.17, 15) is 9.59 Å². The van der Waals surface area contributed by atoms with Crippen molar-refractivity contribution in [3.05, 3.63) is 53.6 Å². The SMILES string of the molecule is CCC1SC(=O)N(Cc2ccc(NC(=O)OC(C)CN(C)C)cc2)N=C1c1ccc(OC)c(OC)c1. The zero-order valence-corrected chi connectivity index (χ0v) is 22.4. The largest absolute Gasteiger partial charge is 0.493 e. The van der Waals surface area contributed by atoms with E-state index in [0.29, 0.717) is 30.3 Å². The molecule has 0 radical (unpaired) electrons. The maximum Gasteiger partial charge on any atom is 0.411 e. The molecule has 2 atom stereocenters. The smallest absolute Gasteiger partial charge is 0.411 e. The number of ether oxygens (including phenoxy) is 3. The quantitative estimate of drug-likeness (QED) is 0.474. The summed E-state index contributed by atoms with van der Waals surface area (Å²) in [5, 5.41) is 8.78. The van der Waals surface area contributed by atoms with Crippen molar-refractivity contribution in [2.24, 2.45) is 5.10 Å². The second kappa shape index (κ2) is 12.6. The topological polar surface area (TPSA) is 92.7 Å². The van der Waals surface area contributed by atoms with Crippen LogP contribution in [0.4, 0.5) is 15.3 Å². The molecular weight excluding hydrogens is 480 g/mol. The second-order valence-corrected chi connectivity index (χ2v) is 9.85. The Bertz CT molecular complexity index is 1090. The molecule has 1 heterocycles. The number of methoxy groups -OCH3 is 2. The third-order valence-corrected chi connectivity index (χ3v) is 6.75. The highest BCUT2D eigenvalue weighted by Gasteiger charge is 2.30. The zero-order valence-electron chi connectivity index (χ0n) is 21.6. The molecule has 1 aliphatic heterocycles. The number of hydrogen-bond donors (Lipinski definition) is 1. The van der Waals surface area contributed by atoms with Gasteiger partial charge in [-0.1, -0.05) is 30.8 Å². The first-order valence-electron chi connectivity index (χ1n) is 11.7. The van der Waals surface area contributed by atoms with Gasteiger partial charge in [-0.15, -0.1) is 0 Å². The number of carbonyl (C=O) groups is 2. The monoisotopic (exact) mass is 514 g/mol. The van der Waals surface area contributed by atoms with E-state index in [1.165, 1.54) is 16.8 Å². The molecule has 3 rings (SSSR count). The molecule has 10 heteroatoms. The molecule has 0 fully saturated rings. The number of carbonyl (C=O) groups excluding carboxylic acids is 2. The molecule has 2 amide bonds. The summed E-state index contributed by atoms with van der Waals surface area (Å²) in [4.78, 5) is 26.9. The van der Waals surface area contributed by atoms with Crippen LogP contribution in [-0.4, -0.2) is 73.2 Å². The highest BCUT2D eigenvalue weighted by atomic mass is 32.2. The van der Waals surface area contributed by atoms with Gasteiger partial charge >= 0.3 is 11.3 Å². The minimum absolute atomic E-state index is 0.0562. The number of nitrogens with one attached hydrogen (secondary N) is 1. The van der Waals surface area contributed by atoms with Gasteiger partial charge in [0.05, 0.1) is 31.7 Å². The Hall–Kier alpha value is -3.24. The number of nitrogens with zero attached hydrogens (tertiary/aromatic N) is 3. The molecule has 2 aromatic carbocycles. The Balaban J connectivity index is 1.72. The van der Waals surface area contributed by atoms with Gasteiger partial charge in [0.15, 0.2) is 11.5 Å². The lowest BCUT2D eigenvalue weighted by atomic mass is 10.0. The summed E-state index contributed by atoms with van der Waals surface area (Å²) in [6.45, 7) is 4.83. The molecule has 194 valence electrons. The van der Waals surface area contributed by atoms with Crippen LogP contribution in [0.15, 0.2) is 47.6 Å². The van der Waals surface area contributed by atoms with Crippen LogP contribution in [-0.2, 0) is 11.3 Å². The first-order chi connectivity index (χ1) is 17.2. The third kappa shape index (κ3) is 7.14. The Labute approximate surface area is 216 Å². The van der Waals surface area contributed by atoms with Gasteiger partial charge in [0.25, 0.3) is 0 Å².